The van der Waals surface area contributed by atoms with Gasteiger partial charge in [-0.05, 0) is 38.9 Å². The van der Waals surface area contributed by atoms with E-state index in [-0.39, 0.29) is 0 Å². The number of likely N-dealkylation sites (N-methyl/N-ethyl adjacent to an activating group) is 1. The van der Waals surface area contributed by atoms with Crippen LogP contribution in [0.3, 0.4) is 0 Å². The molecule has 0 atom stereocenters. The summed E-state index contributed by atoms with van der Waals surface area (Å²) in [5.74, 6) is 2.64. The van der Waals surface area contributed by atoms with Crippen molar-refractivity contribution < 1.29 is 9.26 Å². The van der Waals surface area contributed by atoms with Crippen molar-refractivity contribution in [3.8, 4) is 17.1 Å². The average Bonchev–Trinajstić information content (AvgIpc) is 3.25. The maximum Gasteiger partial charge on any atom is 0.230 e. The van der Waals surface area contributed by atoms with Crippen LogP contribution in [0.25, 0.3) is 11.3 Å². The second kappa shape index (κ2) is 8.93. The molecule has 4 N–H and O–H groups in total. The van der Waals surface area contributed by atoms with Gasteiger partial charge in [-0.25, -0.2) is 0 Å². The van der Waals surface area contributed by atoms with Crippen LogP contribution in [0, 0.1) is 0 Å². The summed E-state index contributed by atoms with van der Waals surface area (Å²) in [5.41, 5.74) is 9.65. The van der Waals surface area contributed by atoms with E-state index in [1.54, 1.807) is 0 Å². The second-order valence-corrected chi connectivity index (χ2v) is 8.47. The van der Waals surface area contributed by atoms with Gasteiger partial charge in [0.1, 0.15) is 23.7 Å². The fourth-order valence-electron chi connectivity index (χ4n) is 3.12. The average molecular weight is 427 g/mol. The molecule has 1 aliphatic carbocycles. The Labute approximate surface area is 181 Å². The summed E-state index contributed by atoms with van der Waals surface area (Å²) in [6.45, 7) is 5.74. The third kappa shape index (κ3) is 5.13. The lowest BCUT2D eigenvalue weighted by molar-refractivity contribution is 0.255. The van der Waals surface area contributed by atoms with Crippen LogP contribution in [0.2, 0.25) is 0 Å². The molecule has 0 bridgehead atoms. The number of aromatic amines is 1. The first kappa shape index (κ1) is 21.1. The molecule has 1 saturated carbocycles. The number of nitrogens with zero attached hydrogens (tertiary/aromatic N) is 5. The molecule has 3 aromatic rings. The van der Waals surface area contributed by atoms with Crippen LogP contribution in [0.5, 0.6) is 5.88 Å². The van der Waals surface area contributed by atoms with E-state index >= 15 is 0 Å². The Morgan fingerprint density at radius 2 is 2.10 bits per heavy atom. The molecule has 31 heavy (non-hydrogen) atoms. The van der Waals surface area contributed by atoms with E-state index in [1.165, 1.54) is 12.8 Å². The maximum absolute atomic E-state index is 6.33. The minimum Gasteiger partial charge on any atom is -0.476 e. The number of nitrogens with two attached hydrogens (primary N) is 1. The van der Waals surface area contributed by atoms with E-state index in [9.17, 15) is 0 Å². The van der Waals surface area contributed by atoms with E-state index in [4.69, 9.17) is 15.0 Å². The molecule has 0 amide bonds. The maximum atomic E-state index is 6.33. The van der Waals surface area contributed by atoms with Crippen LogP contribution in [-0.4, -0.2) is 57.5 Å². The minimum atomic E-state index is 0.301. The number of hydrogen-bond donors (Lipinski definition) is 3. The Kier molecular flexibility index (Phi) is 6.08. The number of hydrogen-bond acceptors (Lipinski definition) is 9. The standard InChI is InChI=1S/C21H30N8O2/c1-12(2)15-9-14(31-28-15)11-23-21-24-19(22)18(20(25-21)30-8-7-29(3)4)17-10-16(26-27-17)13-5-6-13/h9-10,12-13H,5-8,11H2,1-4H3,(H,26,27)(H3,22,23,24,25). The van der Waals surface area contributed by atoms with Gasteiger partial charge in [-0.1, -0.05) is 19.0 Å². The van der Waals surface area contributed by atoms with Crippen molar-refractivity contribution in [2.45, 2.75) is 45.1 Å². The number of nitrogen functional groups attached to an aromatic ring is 1. The van der Waals surface area contributed by atoms with Crippen LogP contribution in [0.1, 0.15) is 55.7 Å². The molecule has 0 radical (unpaired) electrons. The smallest absolute Gasteiger partial charge is 0.230 e. The van der Waals surface area contributed by atoms with Gasteiger partial charge in [0.25, 0.3) is 0 Å². The Balaban J connectivity index is 1.56. The van der Waals surface area contributed by atoms with Gasteiger partial charge in [-0.15, -0.1) is 0 Å². The summed E-state index contributed by atoms with van der Waals surface area (Å²) in [6.07, 6.45) is 2.37. The Bertz CT molecular complexity index is 1020. The molecule has 10 heteroatoms. The molecule has 3 aromatic heterocycles. The SMILES string of the molecule is CC(C)c1cc(CNc2nc(N)c(-c3cc(C4CC4)[nH]n3)c(OCCN(C)C)n2)on1. The van der Waals surface area contributed by atoms with Crippen molar-refractivity contribution in [2.75, 3.05) is 38.3 Å². The molecule has 4 rings (SSSR count). The van der Waals surface area contributed by atoms with E-state index in [0.717, 1.165) is 17.9 Å². The normalized spacial score (nSPS) is 13.9. The Hall–Kier alpha value is -3.14. The fourth-order valence-corrected chi connectivity index (χ4v) is 3.12. The van der Waals surface area contributed by atoms with Crippen molar-refractivity contribution >= 4 is 11.8 Å². The molecular formula is C21H30N8O2. The highest BCUT2D eigenvalue weighted by atomic mass is 16.5. The molecule has 0 spiro atoms. The van der Waals surface area contributed by atoms with Gasteiger partial charge >= 0.3 is 0 Å². The van der Waals surface area contributed by atoms with Crippen LogP contribution in [0.4, 0.5) is 11.8 Å². The van der Waals surface area contributed by atoms with Crippen molar-refractivity contribution in [2.24, 2.45) is 0 Å². The van der Waals surface area contributed by atoms with Gasteiger partial charge in [0.05, 0.1) is 12.2 Å². The van der Waals surface area contributed by atoms with Crippen molar-refractivity contribution in [3.05, 3.63) is 29.3 Å². The topological polar surface area (TPSA) is 131 Å². The predicted octanol–water partition coefficient (Wildman–Crippen LogP) is 2.99. The zero-order chi connectivity index (χ0) is 22.0. The largest absolute Gasteiger partial charge is 0.476 e. The highest BCUT2D eigenvalue weighted by Gasteiger charge is 2.27. The predicted molar refractivity (Wildman–Crippen MR) is 118 cm³/mol. The third-order valence-corrected chi connectivity index (χ3v) is 5.14. The summed E-state index contributed by atoms with van der Waals surface area (Å²) in [6, 6.07) is 3.94. The lowest BCUT2D eigenvalue weighted by atomic mass is 10.1. The number of H-pyrrole nitrogens is 1. The van der Waals surface area contributed by atoms with E-state index in [0.29, 0.717) is 59.7 Å². The molecular weight excluding hydrogens is 396 g/mol. The number of rotatable bonds is 10. The summed E-state index contributed by atoms with van der Waals surface area (Å²) < 4.78 is 11.4. The third-order valence-electron chi connectivity index (χ3n) is 5.14. The van der Waals surface area contributed by atoms with E-state index in [1.807, 2.05) is 31.1 Å². The van der Waals surface area contributed by atoms with Gasteiger partial charge in [0.2, 0.25) is 11.8 Å². The van der Waals surface area contributed by atoms with Gasteiger partial charge < -0.3 is 25.2 Å². The fraction of sp³-hybridized carbons (Fsp3) is 0.524. The van der Waals surface area contributed by atoms with Crippen molar-refractivity contribution in [1.82, 2.24) is 30.2 Å². The lowest BCUT2D eigenvalue weighted by Gasteiger charge is -2.15. The van der Waals surface area contributed by atoms with Crippen LogP contribution in [0.15, 0.2) is 16.7 Å². The van der Waals surface area contributed by atoms with Gasteiger partial charge in [-0.3, -0.25) is 5.10 Å². The first-order valence-electron chi connectivity index (χ1n) is 10.6. The number of nitrogens with one attached hydrogen (secondary N) is 2. The van der Waals surface area contributed by atoms with Crippen molar-refractivity contribution in [1.29, 1.82) is 0 Å². The first-order chi connectivity index (χ1) is 14.9. The quantitative estimate of drug-likeness (QED) is 0.447. The van der Waals surface area contributed by atoms with Crippen molar-refractivity contribution in [3.63, 3.8) is 0 Å². The Morgan fingerprint density at radius 1 is 1.29 bits per heavy atom. The lowest BCUT2D eigenvalue weighted by Crippen LogP contribution is -2.20. The molecule has 10 nitrogen and oxygen atoms in total. The minimum absolute atomic E-state index is 0.301. The molecule has 0 saturated heterocycles. The molecule has 3 heterocycles. The van der Waals surface area contributed by atoms with Crippen LogP contribution in [-0.2, 0) is 6.54 Å². The molecule has 0 aromatic carbocycles. The zero-order valence-electron chi connectivity index (χ0n) is 18.5. The highest BCUT2D eigenvalue weighted by molar-refractivity contribution is 5.77. The van der Waals surface area contributed by atoms with Gasteiger partial charge in [-0.2, -0.15) is 15.1 Å². The van der Waals surface area contributed by atoms with Gasteiger partial charge in [0, 0.05) is 24.2 Å². The number of aromatic nitrogens is 5. The number of anilines is 2. The van der Waals surface area contributed by atoms with Gasteiger partial charge in [0.15, 0.2) is 5.76 Å². The summed E-state index contributed by atoms with van der Waals surface area (Å²) in [4.78, 5) is 11.0. The second-order valence-electron chi connectivity index (χ2n) is 8.47. The number of ether oxygens (including phenoxy) is 1. The zero-order valence-corrected chi connectivity index (χ0v) is 18.5. The van der Waals surface area contributed by atoms with Crippen LogP contribution < -0.4 is 15.8 Å². The first-order valence-corrected chi connectivity index (χ1v) is 10.6. The molecule has 1 fully saturated rings. The van der Waals surface area contributed by atoms with E-state index in [2.05, 4.69) is 44.5 Å². The Morgan fingerprint density at radius 3 is 2.77 bits per heavy atom. The molecule has 0 aliphatic heterocycles. The van der Waals surface area contributed by atoms with Crippen LogP contribution >= 0.6 is 0 Å². The summed E-state index contributed by atoms with van der Waals surface area (Å²) >= 11 is 0. The summed E-state index contributed by atoms with van der Waals surface area (Å²) in [5, 5.41) is 14.8. The van der Waals surface area contributed by atoms with E-state index < -0.39 is 0 Å². The summed E-state index contributed by atoms with van der Waals surface area (Å²) in [7, 11) is 3.98. The monoisotopic (exact) mass is 426 g/mol. The molecule has 0 unspecified atom stereocenters. The molecule has 166 valence electrons. The molecule has 1 aliphatic rings. The highest BCUT2D eigenvalue weighted by Crippen LogP contribution is 2.41.